The van der Waals surface area contributed by atoms with Gasteiger partial charge in [0.15, 0.2) is 11.5 Å². The predicted octanol–water partition coefficient (Wildman–Crippen LogP) is 12.7. The van der Waals surface area contributed by atoms with E-state index in [0.717, 1.165) is 51.1 Å². The van der Waals surface area contributed by atoms with Crippen molar-refractivity contribution in [3.05, 3.63) is 181 Å². The SMILES string of the molecule is CC1(C)c2ccccc2N2c3ccccc3Oc3c(-c4ccc(-c5ccc(N(c6ccccc6)c6ccccc6)cc5)cc4)ccc1c32. The summed E-state index contributed by atoms with van der Waals surface area (Å²) >= 11 is 0. The second-order valence-corrected chi connectivity index (χ2v) is 13.0. The third-order valence-electron chi connectivity index (χ3n) is 9.85. The molecule has 0 radical (unpaired) electrons. The summed E-state index contributed by atoms with van der Waals surface area (Å²) < 4.78 is 6.80. The molecule has 3 nitrogen and oxygen atoms in total. The Bertz CT molecular complexity index is 2230. The lowest BCUT2D eigenvalue weighted by Crippen LogP contribution is -2.32. The molecule has 230 valence electrons. The number of ether oxygens (including phenoxy) is 1. The topological polar surface area (TPSA) is 15.7 Å². The van der Waals surface area contributed by atoms with Crippen LogP contribution in [0.1, 0.15) is 25.0 Å². The van der Waals surface area contributed by atoms with Crippen LogP contribution >= 0.6 is 0 Å². The number of anilines is 6. The summed E-state index contributed by atoms with van der Waals surface area (Å²) in [4.78, 5) is 4.69. The van der Waals surface area contributed by atoms with Crippen molar-refractivity contribution in [2.75, 3.05) is 9.80 Å². The van der Waals surface area contributed by atoms with Gasteiger partial charge in [-0.2, -0.15) is 0 Å². The number of hydrogen-bond acceptors (Lipinski definition) is 3. The van der Waals surface area contributed by atoms with Crippen LogP contribution in [0.15, 0.2) is 170 Å². The van der Waals surface area contributed by atoms with Gasteiger partial charge >= 0.3 is 0 Å². The molecule has 0 aliphatic carbocycles. The fourth-order valence-electron chi connectivity index (χ4n) is 7.43. The average Bonchev–Trinajstić information content (AvgIpc) is 3.14. The quantitative estimate of drug-likeness (QED) is 0.191. The van der Waals surface area contributed by atoms with Crippen LogP contribution in [0.2, 0.25) is 0 Å². The molecule has 0 atom stereocenters. The highest BCUT2D eigenvalue weighted by atomic mass is 16.5. The molecule has 0 unspecified atom stereocenters. The minimum Gasteiger partial charge on any atom is -0.452 e. The normalized spacial score (nSPS) is 13.5. The first-order valence-corrected chi connectivity index (χ1v) is 16.5. The van der Waals surface area contributed by atoms with Crippen LogP contribution in [0.25, 0.3) is 22.3 Å². The first-order chi connectivity index (χ1) is 23.6. The van der Waals surface area contributed by atoms with E-state index in [-0.39, 0.29) is 5.41 Å². The first-order valence-electron chi connectivity index (χ1n) is 16.5. The largest absolute Gasteiger partial charge is 0.452 e. The molecule has 0 spiro atoms. The smallest absolute Gasteiger partial charge is 0.159 e. The van der Waals surface area contributed by atoms with E-state index in [9.17, 15) is 0 Å². The molecule has 2 aliphatic rings. The Balaban J connectivity index is 1.09. The zero-order valence-corrected chi connectivity index (χ0v) is 27.0. The van der Waals surface area contributed by atoms with E-state index in [1.54, 1.807) is 0 Å². The second-order valence-electron chi connectivity index (χ2n) is 13.0. The summed E-state index contributed by atoms with van der Waals surface area (Å²) in [6.07, 6.45) is 0. The van der Waals surface area contributed by atoms with Crippen LogP contribution in [-0.2, 0) is 5.41 Å². The number of benzene rings is 7. The van der Waals surface area contributed by atoms with Crippen molar-refractivity contribution in [1.82, 2.24) is 0 Å². The van der Waals surface area contributed by atoms with Crippen molar-refractivity contribution in [2.45, 2.75) is 19.3 Å². The standard InChI is InChI=1S/C45H34N2O/c1-45(2)38-17-9-10-18-40(38)47-41-19-11-12-20-42(41)48-44-37(29-30-39(45)43(44)47)33-23-21-31(22-24-33)32-25-27-36(28-26-32)46(34-13-5-3-6-14-34)35-15-7-4-8-16-35/h3-30H,1-2H3. The van der Waals surface area contributed by atoms with E-state index in [4.69, 9.17) is 4.74 Å². The molecule has 2 aliphatic heterocycles. The first kappa shape index (κ1) is 28.2. The Morgan fingerprint density at radius 2 is 0.979 bits per heavy atom. The molecule has 7 aromatic carbocycles. The third-order valence-corrected chi connectivity index (χ3v) is 9.85. The summed E-state index contributed by atoms with van der Waals surface area (Å²) in [6, 6.07) is 60.4. The fourth-order valence-corrected chi connectivity index (χ4v) is 7.43. The van der Waals surface area contributed by atoms with E-state index in [1.807, 2.05) is 6.07 Å². The molecular formula is C45H34N2O. The monoisotopic (exact) mass is 618 g/mol. The lowest BCUT2D eigenvalue weighted by Gasteiger charge is -2.45. The van der Waals surface area contributed by atoms with Gasteiger partial charge in [0, 0.05) is 28.0 Å². The molecule has 48 heavy (non-hydrogen) atoms. The molecule has 7 aromatic rings. The van der Waals surface area contributed by atoms with Gasteiger partial charge in [0.1, 0.15) is 0 Å². The average molecular weight is 619 g/mol. The zero-order valence-electron chi connectivity index (χ0n) is 27.0. The van der Waals surface area contributed by atoms with Gasteiger partial charge in [0.05, 0.1) is 17.1 Å². The summed E-state index contributed by atoms with van der Waals surface area (Å²) in [5.41, 5.74) is 13.8. The Labute approximate surface area is 281 Å². The van der Waals surface area contributed by atoms with Crippen LogP contribution in [-0.4, -0.2) is 0 Å². The molecule has 9 rings (SSSR count). The molecule has 0 saturated carbocycles. The van der Waals surface area contributed by atoms with Crippen molar-refractivity contribution in [3.63, 3.8) is 0 Å². The Kier molecular flexibility index (Phi) is 6.48. The van der Waals surface area contributed by atoms with E-state index < -0.39 is 0 Å². The van der Waals surface area contributed by atoms with E-state index in [0.29, 0.717) is 0 Å². The van der Waals surface area contributed by atoms with Crippen LogP contribution in [0.5, 0.6) is 11.5 Å². The van der Waals surface area contributed by atoms with Gasteiger partial charge in [-0.3, -0.25) is 0 Å². The second kappa shape index (κ2) is 11.0. The van der Waals surface area contributed by atoms with E-state index in [1.165, 1.54) is 27.9 Å². The number of hydrogen-bond donors (Lipinski definition) is 0. The van der Waals surface area contributed by atoms with E-state index >= 15 is 0 Å². The highest BCUT2D eigenvalue weighted by Crippen LogP contribution is 2.61. The molecule has 0 N–H and O–H groups in total. The molecular weight excluding hydrogens is 585 g/mol. The molecule has 2 heterocycles. The summed E-state index contributed by atoms with van der Waals surface area (Å²) in [5.74, 6) is 1.78. The minimum atomic E-state index is -0.169. The van der Waals surface area contributed by atoms with Gasteiger partial charge in [0.2, 0.25) is 0 Å². The summed E-state index contributed by atoms with van der Waals surface area (Å²) in [5, 5.41) is 0. The molecule has 0 amide bonds. The van der Waals surface area contributed by atoms with Crippen LogP contribution in [0.3, 0.4) is 0 Å². The minimum absolute atomic E-state index is 0.169. The number of rotatable bonds is 5. The van der Waals surface area contributed by atoms with Crippen molar-refractivity contribution >= 4 is 34.1 Å². The maximum atomic E-state index is 6.80. The van der Waals surface area contributed by atoms with Crippen molar-refractivity contribution in [2.24, 2.45) is 0 Å². The van der Waals surface area contributed by atoms with Gasteiger partial charge in [-0.05, 0) is 82.4 Å². The molecule has 0 saturated heterocycles. The third kappa shape index (κ3) is 4.43. The summed E-state index contributed by atoms with van der Waals surface area (Å²) in [6.45, 7) is 4.63. The summed E-state index contributed by atoms with van der Waals surface area (Å²) in [7, 11) is 0. The van der Waals surface area contributed by atoms with Crippen molar-refractivity contribution < 1.29 is 4.74 Å². The fraction of sp³-hybridized carbons (Fsp3) is 0.0667. The highest BCUT2D eigenvalue weighted by molar-refractivity contribution is 5.97. The Hall–Kier alpha value is -6.06. The maximum Gasteiger partial charge on any atom is 0.159 e. The number of para-hydroxylation sites is 5. The zero-order chi connectivity index (χ0) is 32.2. The maximum absolute atomic E-state index is 6.80. The van der Waals surface area contributed by atoms with Gasteiger partial charge in [-0.1, -0.05) is 129 Å². The Morgan fingerprint density at radius 3 is 1.65 bits per heavy atom. The lowest BCUT2D eigenvalue weighted by atomic mass is 9.72. The van der Waals surface area contributed by atoms with Gasteiger partial charge in [0.25, 0.3) is 0 Å². The molecule has 0 fully saturated rings. The molecule has 0 aromatic heterocycles. The van der Waals surface area contributed by atoms with E-state index in [2.05, 4.69) is 187 Å². The van der Waals surface area contributed by atoms with Gasteiger partial charge in [-0.25, -0.2) is 0 Å². The number of fused-ring (bicyclic) bond motifs is 4. The van der Waals surface area contributed by atoms with Crippen molar-refractivity contribution in [1.29, 1.82) is 0 Å². The molecule has 0 bridgehead atoms. The Morgan fingerprint density at radius 1 is 0.458 bits per heavy atom. The van der Waals surface area contributed by atoms with Gasteiger partial charge in [-0.15, -0.1) is 0 Å². The van der Waals surface area contributed by atoms with Crippen molar-refractivity contribution in [3.8, 4) is 33.8 Å². The number of nitrogens with zero attached hydrogens (tertiary/aromatic N) is 2. The van der Waals surface area contributed by atoms with Gasteiger partial charge < -0.3 is 14.5 Å². The van der Waals surface area contributed by atoms with Crippen LogP contribution in [0, 0.1) is 0 Å². The lowest BCUT2D eigenvalue weighted by molar-refractivity contribution is 0.473. The van der Waals surface area contributed by atoms with Crippen LogP contribution < -0.4 is 14.5 Å². The molecule has 3 heteroatoms. The highest BCUT2D eigenvalue weighted by Gasteiger charge is 2.42. The van der Waals surface area contributed by atoms with Crippen LogP contribution in [0.4, 0.5) is 34.1 Å². The predicted molar refractivity (Wildman–Crippen MR) is 199 cm³/mol.